The number of nitrogens with one attached hydrogen (secondary N) is 2. The van der Waals surface area contributed by atoms with Gasteiger partial charge in [-0.15, -0.1) is 0 Å². The van der Waals surface area contributed by atoms with Gasteiger partial charge in [0.25, 0.3) is 11.5 Å². The summed E-state index contributed by atoms with van der Waals surface area (Å²) in [6.45, 7) is 11.1. The Morgan fingerprint density at radius 2 is 1.75 bits per heavy atom. The van der Waals surface area contributed by atoms with Crippen LogP contribution in [0.5, 0.6) is 0 Å². The number of H-pyrrole nitrogens is 1. The lowest BCUT2D eigenvalue weighted by atomic mass is 9.88. The van der Waals surface area contributed by atoms with E-state index in [4.69, 9.17) is 4.98 Å². The number of pyridine rings is 2. The second kappa shape index (κ2) is 13.6. The van der Waals surface area contributed by atoms with Gasteiger partial charge in [0, 0.05) is 79.1 Å². The number of nitrogens with zero attached hydrogens (tertiary/aromatic N) is 4. The van der Waals surface area contributed by atoms with Gasteiger partial charge in [-0.05, 0) is 108 Å². The van der Waals surface area contributed by atoms with Crippen LogP contribution >= 0.6 is 0 Å². The SMILES string of the molecule is CCN(c1cc(-c2ccc(CN3CC(O)C3)nc2)cc(C(=O)NCc2c(C)cc(C)[nH]c2=O)c1C)[C@H]1CC[C@H](N(C)C)CC1. The van der Waals surface area contributed by atoms with Gasteiger partial charge in [0.2, 0.25) is 0 Å². The smallest absolute Gasteiger partial charge is 0.253 e. The summed E-state index contributed by atoms with van der Waals surface area (Å²) in [7, 11) is 4.33. The standard InChI is InChI=1S/C35H48N6O3/c1-7-41(29-12-10-28(11-13-29)39(5)6)33-16-26(25-8-9-27(36-17-25)19-40-20-30(42)21-40)15-31(24(33)4)34(43)37-18-32-22(2)14-23(3)38-35(32)44/h8-9,14-17,28-30,42H,7,10-13,18-21H2,1-6H3,(H,37,43)(H,38,44)/t28-,29-. The molecule has 0 bridgehead atoms. The topological polar surface area (TPSA) is 105 Å². The minimum atomic E-state index is -0.238. The quantitative estimate of drug-likeness (QED) is 0.321. The van der Waals surface area contributed by atoms with Crippen molar-refractivity contribution in [2.75, 3.05) is 38.6 Å². The zero-order chi connectivity index (χ0) is 31.5. The van der Waals surface area contributed by atoms with E-state index in [0.29, 0.717) is 42.8 Å². The summed E-state index contributed by atoms with van der Waals surface area (Å²) in [6.07, 6.45) is 6.18. The van der Waals surface area contributed by atoms with Gasteiger partial charge >= 0.3 is 0 Å². The lowest BCUT2D eigenvalue weighted by Gasteiger charge is -2.40. The van der Waals surface area contributed by atoms with Crippen LogP contribution in [-0.2, 0) is 13.1 Å². The van der Waals surface area contributed by atoms with Crippen molar-refractivity contribution in [2.45, 2.75) is 84.7 Å². The minimum Gasteiger partial charge on any atom is -0.390 e. The van der Waals surface area contributed by atoms with Crippen molar-refractivity contribution in [2.24, 2.45) is 0 Å². The normalized spacial score (nSPS) is 19.2. The number of aromatic nitrogens is 2. The number of aromatic amines is 1. The first-order chi connectivity index (χ1) is 21.0. The number of likely N-dealkylation sites (tertiary alicyclic amines) is 1. The molecule has 236 valence electrons. The number of aliphatic hydroxyl groups excluding tert-OH is 1. The zero-order valence-electron chi connectivity index (χ0n) is 27.1. The highest BCUT2D eigenvalue weighted by molar-refractivity contribution is 5.99. The molecule has 5 rings (SSSR count). The van der Waals surface area contributed by atoms with E-state index in [1.54, 1.807) is 0 Å². The summed E-state index contributed by atoms with van der Waals surface area (Å²) in [6, 6.07) is 11.2. The third-order valence-electron chi connectivity index (χ3n) is 9.51. The average molecular weight is 601 g/mol. The monoisotopic (exact) mass is 600 g/mol. The molecule has 44 heavy (non-hydrogen) atoms. The Morgan fingerprint density at radius 1 is 1.05 bits per heavy atom. The molecule has 1 amide bonds. The zero-order valence-corrected chi connectivity index (χ0v) is 27.1. The molecule has 9 heteroatoms. The number of carbonyl (C=O) groups is 1. The van der Waals surface area contributed by atoms with Gasteiger partial charge in [-0.1, -0.05) is 6.07 Å². The van der Waals surface area contributed by atoms with Crippen LogP contribution < -0.4 is 15.8 Å². The Morgan fingerprint density at radius 3 is 2.34 bits per heavy atom. The second-order valence-electron chi connectivity index (χ2n) is 12.9. The Hall–Kier alpha value is -3.53. The van der Waals surface area contributed by atoms with Crippen molar-refractivity contribution < 1.29 is 9.90 Å². The highest BCUT2D eigenvalue weighted by atomic mass is 16.3. The Kier molecular flexibility index (Phi) is 9.87. The van der Waals surface area contributed by atoms with Crippen molar-refractivity contribution in [1.29, 1.82) is 0 Å². The summed E-state index contributed by atoms with van der Waals surface area (Å²) in [5.74, 6) is -0.196. The first kappa shape index (κ1) is 31.9. The van der Waals surface area contributed by atoms with Gasteiger partial charge in [0.1, 0.15) is 0 Å². The molecule has 0 radical (unpaired) electrons. The molecular weight excluding hydrogens is 552 g/mol. The molecule has 3 aromatic rings. The number of benzene rings is 1. The summed E-state index contributed by atoms with van der Waals surface area (Å²) >= 11 is 0. The van der Waals surface area contributed by atoms with Crippen LogP contribution in [0.25, 0.3) is 11.1 Å². The number of carbonyl (C=O) groups excluding carboxylic acids is 1. The number of rotatable bonds is 10. The largest absolute Gasteiger partial charge is 0.390 e. The molecule has 2 aromatic heterocycles. The molecule has 0 spiro atoms. The van der Waals surface area contributed by atoms with Gasteiger partial charge < -0.3 is 25.2 Å². The summed E-state index contributed by atoms with van der Waals surface area (Å²) in [4.78, 5) is 41.0. The number of aliphatic hydroxyl groups is 1. The van der Waals surface area contributed by atoms with Crippen LogP contribution in [0.1, 0.15) is 71.0 Å². The number of β-amino-alcohol motifs (C(OH)–C–C–N with tert-alkyl or cyclic N) is 1. The van der Waals surface area contributed by atoms with E-state index in [9.17, 15) is 14.7 Å². The van der Waals surface area contributed by atoms with E-state index in [-0.39, 0.29) is 24.1 Å². The predicted molar refractivity (Wildman–Crippen MR) is 176 cm³/mol. The van der Waals surface area contributed by atoms with Gasteiger partial charge in [-0.25, -0.2) is 0 Å². The van der Waals surface area contributed by atoms with E-state index >= 15 is 0 Å². The van der Waals surface area contributed by atoms with E-state index in [2.05, 4.69) is 58.2 Å². The molecule has 0 atom stereocenters. The van der Waals surface area contributed by atoms with Crippen LogP contribution in [0, 0.1) is 20.8 Å². The van der Waals surface area contributed by atoms with Gasteiger partial charge in [-0.3, -0.25) is 19.5 Å². The average Bonchev–Trinajstić information content (AvgIpc) is 2.97. The fraction of sp³-hybridized carbons (Fsp3) is 0.514. The van der Waals surface area contributed by atoms with Crippen LogP contribution in [0.15, 0.2) is 41.3 Å². The molecule has 1 saturated carbocycles. The van der Waals surface area contributed by atoms with Gasteiger partial charge in [-0.2, -0.15) is 0 Å². The van der Waals surface area contributed by atoms with Gasteiger partial charge in [0.15, 0.2) is 0 Å². The van der Waals surface area contributed by atoms with E-state index in [1.165, 1.54) is 0 Å². The van der Waals surface area contributed by atoms with E-state index < -0.39 is 0 Å². The lowest BCUT2D eigenvalue weighted by Crippen LogP contribution is -2.49. The van der Waals surface area contributed by atoms with Crippen LogP contribution in [-0.4, -0.2) is 82.7 Å². The fourth-order valence-electron chi connectivity index (χ4n) is 6.87. The third kappa shape index (κ3) is 7.06. The first-order valence-electron chi connectivity index (χ1n) is 15.9. The van der Waals surface area contributed by atoms with Crippen molar-refractivity contribution in [3.63, 3.8) is 0 Å². The maximum absolute atomic E-state index is 13.8. The van der Waals surface area contributed by atoms with Crippen LogP contribution in [0.2, 0.25) is 0 Å². The molecule has 2 fully saturated rings. The molecule has 1 aromatic carbocycles. The molecular formula is C35H48N6O3. The Bertz CT molecular complexity index is 1520. The molecule has 3 N–H and O–H groups in total. The summed E-state index contributed by atoms with van der Waals surface area (Å²) in [5, 5.41) is 12.7. The van der Waals surface area contributed by atoms with E-state index in [1.807, 2.05) is 45.2 Å². The van der Waals surface area contributed by atoms with E-state index in [0.717, 1.165) is 71.6 Å². The van der Waals surface area contributed by atoms with Crippen LogP contribution in [0.3, 0.4) is 0 Å². The van der Waals surface area contributed by atoms with Gasteiger partial charge in [0.05, 0.1) is 11.8 Å². The molecule has 0 unspecified atom stereocenters. The minimum absolute atomic E-state index is 0.159. The molecule has 1 aliphatic heterocycles. The molecule has 2 aliphatic rings. The maximum atomic E-state index is 13.8. The number of hydrogen-bond donors (Lipinski definition) is 3. The number of hydrogen-bond acceptors (Lipinski definition) is 7. The third-order valence-corrected chi connectivity index (χ3v) is 9.51. The molecule has 3 heterocycles. The number of anilines is 1. The molecule has 1 saturated heterocycles. The Balaban J connectivity index is 1.46. The maximum Gasteiger partial charge on any atom is 0.253 e. The van der Waals surface area contributed by atoms with Crippen molar-refractivity contribution in [3.8, 4) is 11.1 Å². The number of amides is 1. The fourth-order valence-corrected chi connectivity index (χ4v) is 6.87. The lowest BCUT2D eigenvalue weighted by molar-refractivity contribution is -0.00353. The summed E-state index contributed by atoms with van der Waals surface area (Å²) in [5.41, 5.74) is 7.54. The highest BCUT2D eigenvalue weighted by Crippen LogP contribution is 2.35. The van der Waals surface area contributed by atoms with Crippen molar-refractivity contribution >= 4 is 11.6 Å². The predicted octanol–water partition coefficient (Wildman–Crippen LogP) is 4.17. The molecule has 9 nitrogen and oxygen atoms in total. The van der Waals surface area contributed by atoms with Crippen molar-refractivity contribution in [1.82, 2.24) is 25.1 Å². The number of aryl methyl sites for hydroxylation is 2. The Labute approximate surface area is 261 Å². The molecule has 1 aliphatic carbocycles. The highest BCUT2D eigenvalue weighted by Gasteiger charge is 2.29. The second-order valence-corrected chi connectivity index (χ2v) is 12.9. The van der Waals surface area contributed by atoms with Crippen LogP contribution in [0.4, 0.5) is 5.69 Å². The summed E-state index contributed by atoms with van der Waals surface area (Å²) < 4.78 is 0. The first-order valence-corrected chi connectivity index (χ1v) is 15.9. The van der Waals surface area contributed by atoms with Crippen molar-refractivity contribution in [3.05, 3.63) is 80.5 Å².